The van der Waals surface area contributed by atoms with Crippen LogP contribution in [0.25, 0.3) is 11.0 Å². The van der Waals surface area contributed by atoms with Crippen LogP contribution in [-0.4, -0.2) is 143 Å². The number of aliphatic hydroxyl groups is 5. The number of aromatic nitrogens is 3. The van der Waals surface area contributed by atoms with Crippen molar-refractivity contribution in [2.75, 3.05) is 38.1 Å². The lowest BCUT2D eigenvalue weighted by atomic mass is 9.91. The number of hydrogen-bond acceptors (Lipinski definition) is 13. The smallest absolute Gasteiger partial charge is 0.239 e. The number of carbonyl (C=O) groups excluding carboxylic acids is 2. The van der Waals surface area contributed by atoms with E-state index < -0.39 is 66.9 Å². The van der Waals surface area contributed by atoms with Crippen LogP contribution in [0.1, 0.15) is 75.6 Å². The number of carbonyl (C=O) groups is 2. The van der Waals surface area contributed by atoms with Crippen LogP contribution in [0, 0.1) is 5.92 Å². The summed E-state index contributed by atoms with van der Waals surface area (Å²) in [7, 11) is 0. The average Bonchev–Trinajstić information content (AvgIpc) is 3.91. The molecule has 3 aromatic carbocycles. The van der Waals surface area contributed by atoms with Crippen LogP contribution in [0.5, 0.6) is 0 Å². The Morgan fingerprint density at radius 1 is 0.928 bits per heavy atom. The van der Waals surface area contributed by atoms with Crippen LogP contribution in [0.15, 0.2) is 91.3 Å². The molecule has 8 N–H and O–H groups in total. The van der Waals surface area contributed by atoms with Gasteiger partial charge in [0, 0.05) is 69.0 Å². The number of pyridine rings is 1. The number of nitrogens with one attached hydrogen (secondary N) is 3. The molecule has 0 bridgehead atoms. The van der Waals surface area contributed by atoms with Crippen molar-refractivity contribution < 1.29 is 39.9 Å². The van der Waals surface area contributed by atoms with Gasteiger partial charge in [0.1, 0.15) is 24.4 Å². The van der Waals surface area contributed by atoms with E-state index in [-0.39, 0.29) is 30.8 Å². The molecule has 9 atom stereocenters. The van der Waals surface area contributed by atoms with Gasteiger partial charge in [0.15, 0.2) is 6.23 Å². The van der Waals surface area contributed by atoms with Gasteiger partial charge in [-0.25, -0.2) is 4.98 Å². The van der Waals surface area contributed by atoms with E-state index in [1.165, 1.54) is 0 Å². The molecule has 2 saturated heterocycles. The molecule has 2 amide bonds. The lowest BCUT2D eigenvalue weighted by Crippen LogP contribution is -2.61. The summed E-state index contributed by atoms with van der Waals surface area (Å²) in [5, 5.41) is 62.1. The number of benzene rings is 3. The van der Waals surface area contributed by atoms with E-state index in [0.717, 1.165) is 28.8 Å². The molecule has 69 heavy (non-hydrogen) atoms. The van der Waals surface area contributed by atoms with E-state index in [9.17, 15) is 35.1 Å². The maximum absolute atomic E-state index is 13.8. The number of anilines is 1. The summed E-state index contributed by atoms with van der Waals surface area (Å²) >= 11 is 12.2. The minimum atomic E-state index is -1.22. The first-order valence-electron chi connectivity index (χ1n) is 23.6. The maximum Gasteiger partial charge on any atom is 0.239 e. The molecular formula is C51H66Cl2N8O8. The van der Waals surface area contributed by atoms with Crippen LogP contribution in [-0.2, 0) is 33.7 Å². The van der Waals surface area contributed by atoms with Gasteiger partial charge in [0.05, 0.1) is 45.9 Å². The third-order valence-corrected chi connectivity index (χ3v) is 13.3. The fraction of sp³-hybridized carbons (Fsp3) is 0.490. The average molecular weight is 990 g/mol. The Bertz CT molecular complexity index is 2490. The van der Waals surface area contributed by atoms with E-state index in [1.807, 2.05) is 108 Å². The van der Waals surface area contributed by atoms with Crippen LogP contribution in [0.3, 0.4) is 0 Å². The normalized spacial score (nSPS) is 23.8. The summed E-state index contributed by atoms with van der Waals surface area (Å²) in [5.74, 6) is -0.329. The van der Waals surface area contributed by atoms with E-state index in [1.54, 1.807) is 22.9 Å². The van der Waals surface area contributed by atoms with Gasteiger partial charge in [-0.1, -0.05) is 83.9 Å². The van der Waals surface area contributed by atoms with Crippen molar-refractivity contribution in [2.24, 2.45) is 5.92 Å². The number of halogens is 2. The molecule has 372 valence electrons. The van der Waals surface area contributed by atoms with Crippen molar-refractivity contribution in [1.29, 1.82) is 0 Å². The molecule has 18 heteroatoms. The standard InChI is InChI=1S/C36H47N5O4.C15H19Cl2N3O4/c1-36(2,3)39-35(45)31-24-40(22-26-12-9-15-37-21-26)16-17-41(31)23-29(42)19-28(18-25-10-5-4-6-11-25)34(44)38-33-30-14-8-7-13-27(30)20-32(33)43;1-6(2)18-15-19-9-3-7(16)8(17)4-10(9)20(15)14-13(23)12(22)11(5-21)24-14/h4-15,21,28-29,31-33,42-43H,16-20,22-24H2,1-3H3,(H,38,44)(H,39,45);3-4,6,11-14,21-23H,5H2,1-2H3,(H,18,19)/t28-,29-,31-,32+,33-;11-,12-,13-,14-/m00/s1. The topological polar surface area (TPSA) is 218 Å². The first-order chi connectivity index (χ1) is 32.9. The first-order valence-corrected chi connectivity index (χ1v) is 24.4. The molecule has 3 aliphatic rings. The van der Waals surface area contributed by atoms with Crippen LogP contribution < -0.4 is 16.0 Å². The van der Waals surface area contributed by atoms with Crippen LogP contribution in [0.4, 0.5) is 5.95 Å². The number of piperazine rings is 1. The van der Waals surface area contributed by atoms with Crippen molar-refractivity contribution in [3.8, 4) is 0 Å². The molecule has 1 aliphatic carbocycles. The quantitative estimate of drug-likeness (QED) is 0.0719. The Morgan fingerprint density at radius 3 is 2.32 bits per heavy atom. The molecular weight excluding hydrogens is 924 g/mol. The molecule has 4 heterocycles. The second kappa shape index (κ2) is 23.0. The lowest BCUT2D eigenvalue weighted by Gasteiger charge is -2.42. The highest BCUT2D eigenvalue weighted by Gasteiger charge is 2.45. The Balaban J connectivity index is 0.000000246. The van der Waals surface area contributed by atoms with Gasteiger partial charge >= 0.3 is 0 Å². The summed E-state index contributed by atoms with van der Waals surface area (Å²) < 4.78 is 7.26. The molecule has 0 radical (unpaired) electrons. The molecule has 0 spiro atoms. The van der Waals surface area contributed by atoms with Crippen molar-refractivity contribution in [2.45, 2.75) is 121 Å². The highest BCUT2D eigenvalue weighted by Crippen LogP contribution is 2.38. The zero-order valence-electron chi connectivity index (χ0n) is 39.8. The number of rotatable bonds is 15. The largest absolute Gasteiger partial charge is 0.394 e. The van der Waals surface area contributed by atoms with Gasteiger partial charge in [0.25, 0.3) is 0 Å². The van der Waals surface area contributed by atoms with Crippen molar-refractivity contribution in [3.05, 3.63) is 124 Å². The maximum atomic E-state index is 13.8. The Kier molecular flexibility index (Phi) is 17.4. The van der Waals surface area contributed by atoms with E-state index in [0.29, 0.717) is 59.5 Å². The second-order valence-electron chi connectivity index (χ2n) is 19.7. The third-order valence-electron chi connectivity index (χ3n) is 12.6. The number of amides is 2. The predicted octanol–water partition coefficient (Wildman–Crippen LogP) is 4.64. The predicted molar refractivity (Wildman–Crippen MR) is 266 cm³/mol. The Hall–Kier alpha value is -4.72. The summed E-state index contributed by atoms with van der Waals surface area (Å²) in [6.07, 6.45) is -0.956. The first kappa shape index (κ1) is 52.1. The zero-order valence-corrected chi connectivity index (χ0v) is 41.3. The van der Waals surface area contributed by atoms with Crippen LogP contribution in [0.2, 0.25) is 10.0 Å². The molecule has 2 aliphatic heterocycles. The number of ether oxygens (including phenoxy) is 1. The van der Waals surface area contributed by atoms with Crippen LogP contribution >= 0.6 is 23.2 Å². The number of nitrogens with zero attached hydrogens (tertiary/aromatic N) is 5. The number of fused-ring (bicyclic) bond motifs is 2. The van der Waals surface area contributed by atoms with E-state index in [2.05, 4.69) is 35.7 Å². The van der Waals surface area contributed by atoms with Gasteiger partial charge in [0.2, 0.25) is 17.8 Å². The number of imidazole rings is 1. The van der Waals surface area contributed by atoms with Gasteiger partial charge in [-0.15, -0.1) is 0 Å². The van der Waals surface area contributed by atoms with Gasteiger partial charge in [-0.2, -0.15) is 0 Å². The molecule has 2 aromatic heterocycles. The van der Waals surface area contributed by atoms with Crippen molar-refractivity contribution in [1.82, 2.24) is 35.0 Å². The zero-order chi connectivity index (χ0) is 49.6. The van der Waals surface area contributed by atoms with Gasteiger partial charge in [-0.05, 0) is 87.9 Å². The number of β-amino-alcohol motifs (C(OH)–C–C–N with tert-alkyl or cyclic N) is 1. The van der Waals surface area contributed by atoms with Gasteiger partial charge in [-0.3, -0.25) is 28.9 Å². The molecule has 8 rings (SSSR count). The van der Waals surface area contributed by atoms with Gasteiger partial charge < -0.3 is 46.2 Å². The molecule has 2 fully saturated rings. The monoisotopic (exact) mass is 988 g/mol. The lowest BCUT2D eigenvalue weighted by molar-refractivity contribution is -0.132. The second-order valence-corrected chi connectivity index (χ2v) is 20.5. The Morgan fingerprint density at radius 2 is 1.64 bits per heavy atom. The minimum Gasteiger partial charge on any atom is -0.394 e. The van der Waals surface area contributed by atoms with Crippen molar-refractivity contribution in [3.63, 3.8) is 0 Å². The summed E-state index contributed by atoms with van der Waals surface area (Å²) in [4.78, 5) is 40.4. The molecule has 16 nitrogen and oxygen atoms in total. The highest BCUT2D eigenvalue weighted by atomic mass is 35.5. The minimum absolute atomic E-state index is 0.0712. The molecule has 0 unspecified atom stereocenters. The Labute approximate surface area is 413 Å². The summed E-state index contributed by atoms with van der Waals surface area (Å²) in [5.41, 5.74) is 4.85. The van der Waals surface area contributed by atoms with E-state index in [4.69, 9.17) is 27.9 Å². The fourth-order valence-corrected chi connectivity index (χ4v) is 9.68. The van der Waals surface area contributed by atoms with E-state index >= 15 is 0 Å². The SMILES string of the molecule is CC(C)(C)NC(=O)[C@@H]1CN(Cc2cccnc2)CCN1C[C@@H](O)C[C@H](Cc1ccccc1)C(=O)N[C@H]1c2ccccc2C[C@H]1O.CC(C)Nc1nc2cc(Cl)c(Cl)cc2n1[C@H]1O[C@@H](CO)[C@H](O)[C@@H]1O. The van der Waals surface area contributed by atoms with Crippen molar-refractivity contribution >= 4 is 52.0 Å². The molecule has 0 saturated carbocycles. The number of aliphatic hydroxyl groups excluding tert-OH is 5. The highest BCUT2D eigenvalue weighted by molar-refractivity contribution is 6.42. The fourth-order valence-electron chi connectivity index (χ4n) is 9.37. The summed E-state index contributed by atoms with van der Waals surface area (Å²) in [6.45, 7) is 12.2. The summed E-state index contributed by atoms with van der Waals surface area (Å²) in [6, 6.07) is 24.0. The number of hydrogen-bond donors (Lipinski definition) is 8. The molecule has 5 aromatic rings. The third kappa shape index (κ3) is 13.2.